The predicted molar refractivity (Wildman–Crippen MR) is 577 cm³/mol. The number of hydrogen-bond acceptors (Lipinski definition) is 4. The highest BCUT2D eigenvalue weighted by Gasteiger charge is 2.60. The van der Waals surface area contributed by atoms with E-state index < -0.39 is 16.2 Å². The molecule has 0 N–H and O–H groups in total. The second kappa shape index (κ2) is 31.6. The van der Waals surface area contributed by atoms with Gasteiger partial charge in [0.25, 0.3) is 0 Å². The Hall–Kier alpha value is -13.3. The minimum atomic E-state index is -0.771. The smallest absolute Gasteiger partial charge is 0.144 e. The number of furan rings is 3. The van der Waals surface area contributed by atoms with E-state index in [1.165, 1.54) is 310 Å². The lowest BCUT2D eigenvalue weighted by Gasteiger charge is -2.40. The first-order chi connectivity index (χ1) is 67.8. The van der Waals surface area contributed by atoms with E-state index >= 15 is 0 Å². The summed E-state index contributed by atoms with van der Waals surface area (Å²) in [6, 6.07) is 118. The molecular formula is C134H121NO3. The Balaban J connectivity index is 0.748. The molecule has 0 aliphatic heterocycles. The molecule has 0 amide bonds. The van der Waals surface area contributed by atoms with Gasteiger partial charge in [0, 0.05) is 82.2 Å². The van der Waals surface area contributed by atoms with E-state index in [1.54, 1.807) is 16.7 Å². The largest absolute Gasteiger partial charge is 0.456 e. The molecule has 19 aromatic rings. The summed E-state index contributed by atoms with van der Waals surface area (Å²) in [5.41, 5.74) is 49.9. The van der Waals surface area contributed by atoms with Crippen LogP contribution in [0.15, 0.2) is 311 Å². The molecule has 0 unspecified atom stereocenters. The summed E-state index contributed by atoms with van der Waals surface area (Å²) >= 11 is 0. The maximum atomic E-state index is 7.81. The van der Waals surface area contributed by atoms with Crippen molar-refractivity contribution in [1.82, 2.24) is 0 Å². The van der Waals surface area contributed by atoms with Crippen LogP contribution in [0.2, 0.25) is 0 Å². The molecule has 16 aromatic carbocycles. The molecule has 27 rings (SSSR count). The first-order valence-electron chi connectivity index (χ1n) is 52.9. The van der Waals surface area contributed by atoms with E-state index in [-0.39, 0.29) is 16.2 Å². The van der Waals surface area contributed by atoms with Crippen molar-refractivity contribution in [1.29, 1.82) is 0 Å². The fraction of sp³-hybridized carbons (Fsp3) is 0.284. The molecule has 680 valence electrons. The van der Waals surface area contributed by atoms with Crippen LogP contribution < -0.4 is 4.90 Å². The van der Waals surface area contributed by atoms with Gasteiger partial charge in [0.15, 0.2) is 0 Å². The maximum absolute atomic E-state index is 7.81. The van der Waals surface area contributed by atoms with Crippen molar-refractivity contribution in [2.24, 2.45) is 0 Å². The van der Waals surface area contributed by atoms with E-state index in [9.17, 15) is 0 Å². The van der Waals surface area contributed by atoms with E-state index in [4.69, 9.17) is 13.3 Å². The second-order valence-electron chi connectivity index (χ2n) is 43.4. The average molecular weight is 1790 g/mol. The molecule has 4 nitrogen and oxygen atoms in total. The van der Waals surface area contributed by atoms with Crippen molar-refractivity contribution in [2.75, 3.05) is 4.90 Å². The third-order valence-electron chi connectivity index (χ3n) is 35.6. The molecule has 8 aliphatic carbocycles. The Kier molecular flexibility index (Phi) is 19.3. The number of rotatable bonds is 27. The molecule has 0 saturated heterocycles. The van der Waals surface area contributed by atoms with E-state index in [0.29, 0.717) is 0 Å². The first kappa shape index (κ1) is 84.0. The van der Waals surface area contributed by atoms with Crippen LogP contribution in [0.3, 0.4) is 0 Å². The molecule has 0 fully saturated rings. The molecule has 2 spiro atoms. The second-order valence-corrected chi connectivity index (χ2v) is 43.4. The Morgan fingerprint density at radius 1 is 0.210 bits per heavy atom. The van der Waals surface area contributed by atoms with Crippen LogP contribution in [0.4, 0.5) is 17.1 Å². The third kappa shape index (κ3) is 11.3. The molecule has 4 heteroatoms. The minimum absolute atomic E-state index is 0.235. The van der Waals surface area contributed by atoms with Gasteiger partial charge in [-0.1, -0.05) is 408 Å². The number of nitrogens with zero attached hydrogens (tertiary/aromatic N) is 1. The third-order valence-corrected chi connectivity index (χ3v) is 35.6. The fourth-order valence-corrected chi connectivity index (χ4v) is 29.8. The SMILES string of the molecule is CCCCCCCC1(CCCCCCC)c2ccccc2-c2c1c1c(c3c2oc2ccccc23)-c2ccc(N(c3ccc4c(c3)C(C)(C)c3c5c(c6oc7ccccc7c6c3-4)-c3ccccc3C5(C)C)c3ccc4c(c3)C3(c5ccccc5-c5ccccc53)c3cc5c(cc3-4)C3(c4ccccc4-c4ccccc43)c3ccc4oc6ccccc6c4c3-5)cc2C1(CCCCCCC)CCCCCCC. The van der Waals surface area contributed by atoms with Crippen molar-refractivity contribution >= 4 is 82.9 Å². The predicted octanol–water partition coefficient (Wildman–Crippen LogP) is 38.1. The van der Waals surface area contributed by atoms with Gasteiger partial charge >= 0.3 is 0 Å². The van der Waals surface area contributed by atoms with Gasteiger partial charge in [0.1, 0.15) is 33.5 Å². The monoisotopic (exact) mass is 1790 g/mol. The highest BCUT2D eigenvalue weighted by molar-refractivity contribution is 6.24. The van der Waals surface area contributed by atoms with Crippen LogP contribution in [0.5, 0.6) is 0 Å². The molecule has 138 heavy (non-hydrogen) atoms. The van der Waals surface area contributed by atoms with E-state index in [1.807, 2.05) is 0 Å². The Labute approximate surface area is 812 Å². The summed E-state index contributed by atoms with van der Waals surface area (Å²) in [5.74, 6) is 0. The highest BCUT2D eigenvalue weighted by Crippen LogP contribution is 2.73. The van der Waals surface area contributed by atoms with Crippen molar-refractivity contribution in [3.05, 3.63) is 386 Å². The molecule has 0 saturated carbocycles. The van der Waals surface area contributed by atoms with Gasteiger partial charge < -0.3 is 18.2 Å². The molecule has 0 radical (unpaired) electrons. The number of benzene rings is 16. The topological polar surface area (TPSA) is 42.7 Å². The van der Waals surface area contributed by atoms with Crippen LogP contribution in [0.1, 0.15) is 299 Å². The van der Waals surface area contributed by atoms with Gasteiger partial charge in [-0.15, -0.1) is 0 Å². The summed E-state index contributed by atoms with van der Waals surface area (Å²) in [4.78, 5) is 2.78. The van der Waals surface area contributed by atoms with Gasteiger partial charge in [-0.2, -0.15) is 0 Å². The summed E-state index contributed by atoms with van der Waals surface area (Å²) in [5, 5.41) is 7.25. The zero-order chi connectivity index (χ0) is 92.5. The molecule has 0 bridgehead atoms. The van der Waals surface area contributed by atoms with Gasteiger partial charge in [0.2, 0.25) is 0 Å². The van der Waals surface area contributed by atoms with Gasteiger partial charge in [-0.25, -0.2) is 0 Å². The van der Waals surface area contributed by atoms with Crippen molar-refractivity contribution in [3.63, 3.8) is 0 Å². The zero-order valence-electron chi connectivity index (χ0n) is 81.4. The Morgan fingerprint density at radius 3 is 1.04 bits per heavy atom. The van der Waals surface area contributed by atoms with Crippen molar-refractivity contribution < 1.29 is 13.3 Å². The van der Waals surface area contributed by atoms with Gasteiger partial charge in [-0.05, 0) is 265 Å². The summed E-state index contributed by atoms with van der Waals surface area (Å²) < 4.78 is 22.3. The molecule has 0 atom stereocenters. The van der Waals surface area contributed by atoms with Crippen LogP contribution in [-0.2, 0) is 32.5 Å². The van der Waals surface area contributed by atoms with Gasteiger partial charge in [0.05, 0.1) is 10.8 Å². The molecule has 3 aromatic heterocycles. The average Bonchev–Trinajstić information content (AvgIpc) is 1.50. The van der Waals surface area contributed by atoms with Crippen molar-refractivity contribution in [2.45, 2.75) is 242 Å². The van der Waals surface area contributed by atoms with Crippen LogP contribution >= 0.6 is 0 Å². The lowest BCUT2D eigenvalue weighted by Crippen LogP contribution is -2.33. The number of para-hydroxylation sites is 3. The minimum Gasteiger partial charge on any atom is -0.456 e. The fourth-order valence-electron chi connectivity index (χ4n) is 29.8. The number of hydrogen-bond donors (Lipinski definition) is 0. The summed E-state index contributed by atoms with van der Waals surface area (Å²) in [7, 11) is 0. The number of unbranched alkanes of at least 4 members (excludes halogenated alkanes) is 16. The quantitative estimate of drug-likeness (QED) is 0.0481. The Morgan fingerprint density at radius 2 is 0.536 bits per heavy atom. The molecule has 3 heterocycles. The summed E-state index contributed by atoms with van der Waals surface area (Å²) in [6.45, 7) is 19.6. The molecule has 8 aliphatic rings. The van der Waals surface area contributed by atoms with Crippen molar-refractivity contribution in [3.8, 4) is 89.0 Å². The van der Waals surface area contributed by atoms with Crippen LogP contribution in [0, 0.1) is 0 Å². The standard InChI is InChI=1S/C134H121NO3/c1-9-13-17-21-43-73-131(74-44-22-18-14-10-2)100-57-35-30-52-91(100)122-126(131)125-118(120-96-55-33-42-64-113(96)138-128(120)122)93-70-67-83(78-107(93)132(125,75-45-23-19-15-11-3)76-46-24-20-16-12-4)135(82-66-69-92-106(77-82)130(7,8)123-117(92)119-95-54-32-41-63-112(95)137-127(119)121-90-51-29-34-56-99(90)129(5,6)124(121)123)84-65-68-89-97-80-110-98(81-109(97)134(108(89)79-84)103-60-38-27-49-87(103)88-50-28-39-61-104(88)134)115-105(71-72-114-116(115)94-53-31-40-62-111(94)136-114)133(110)101-58-36-25-47-85(101)86-48-26-37-59-102(86)133/h25-42,47-72,77-81H,9-24,43-46,73-76H2,1-8H3. The number of anilines is 3. The van der Waals surface area contributed by atoms with E-state index in [0.717, 1.165) is 88.8 Å². The zero-order valence-corrected chi connectivity index (χ0v) is 81.4. The van der Waals surface area contributed by atoms with Crippen LogP contribution in [0.25, 0.3) is 155 Å². The maximum Gasteiger partial charge on any atom is 0.144 e. The lowest BCUT2D eigenvalue weighted by atomic mass is 9.62. The lowest BCUT2D eigenvalue weighted by molar-refractivity contribution is 0.369. The Bertz CT molecular complexity index is 8200. The first-order valence-corrected chi connectivity index (χ1v) is 52.9. The van der Waals surface area contributed by atoms with Crippen LogP contribution in [-0.4, -0.2) is 0 Å². The number of fused-ring (bicyclic) bond motifs is 48. The molecular weight excluding hydrogens is 1670 g/mol. The van der Waals surface area contributed by atoms with E-state index in [2.05, 4.69) is 358 Å². The summed E-state index contributed by atoms with van der Waals surface area (Å²) in [6.07, 6.45) is 28.9. The normalized spacial score (nSPS) is 15.7. The van der Waals surface area contributed by atoms with Gasteiger partial charge in [-0.3, -0.25) is 0 Å². The highest BCUT2D eigenvalue weighted by atomic mass is 16.3.